The molecule has 1 atom stereocenters. The Kier molecular flexibility index (Phi) is 5.27. The maximum atomic E-state index is 5.51. The van der Waals surface area contributed by atoms with Crippen LogP contribution < -0.4 is 0 Å². The van der Waals surface area contributed by atoms with Crippen LogP contribution in [0.1, 0.15) is 18.9 Å². The lowest BCUT2D eigenvalue weighted by Gasteiger charge is -2.09. The van der Waals surface area contributed by atoms with E-state index in [1.165, 1.54) is 5.56 Å². The van der Waals surface area contributed by atoms with Gasteiger partial charge in [0, 0.05) is 13.7 Å². The summed E-state index contributed by atoms with van der Waals surface area (Å²) in [5.74, 6) is 0. The maximum Gasteiger partial charge on any atom is 0.0716 e. The minimum absolute atomic E-state index is 0.283. The van der Waals surface area contributed by atoms with Gasteiger partial charge in [-0.3, -0.25) is 0 Å². The number of rotatable bonds is 6. The van der Waals surface area contributed by atoms with E-state index in [-0.39, 0.29) is 6.10 Å². The third kappa shape index (κ3) is 4.40. The summed E-state index contributed by atoms with van der Waals surface area (Å²) in [6, 6.07) is 10.2. The smallest absolute Gasteiger partial charge is 0.0716 e. The van der Waals surface area contributed by atoms with Crippen molar-refractivity contribution in [2.45, 2.75) is 26.1 Å². The van der Waals surface area contributed by atoms with Crippen molar-refractivity contribution < 1.29 is 9.47 Å². The second-order valence-corrected chi connectivity index (χ2v) is 3.37. The second kappa shape index (κ2) is 6.57. The van der Waals surface area contributed by atoms with Crippen molar-refractivity contribution in [3.05, 3.63) is 35.9 Å². The first-order valence-electron chi connectivity index (χ1n) is 4.97. The number of hydrogen-bond donors (Lipinski definition) is 0. The van der Waals surface area contributed by atoms with Crippen molar-refractivity contribution in [1.82, 2.24) is 0 Å². The summed E-state index contributed by atoms with van der Waals surface area (Å²) >= 11 is 0. The summed E-state index contributed by atoms with van der Waals surface area (Å²) in [5.41, 5.74) is 1.22. The topological polar surface area (TPSA) is 18.5 Å². The van der Waals surface area contributed by atoms with Crippen molar-refractivity contribution in [2.24, 2.45) is 0 Å². The van der Waals surface area contributed by atoms with Gasteiger partial charge in [0.05, 0.1) is 12.7 Å². The van der Waals surface area contributed by atoms with Crippen LogP contribution in [0.5, 0.6) is 0 Å². The molecule has 0 N–H and O–H groups in total. The standard InChI is InChI=1S/C12H18O2/c1-11(13-2)8-9-14-10-12-6-4-3-5-7-12/h3-7,11H,8-10H2,1-2H3/t11-/m1/s1. The van der Waals surface area contributed by atoms with Crippen LogP contribution in [0.3, 0.4) is 0 Å². The third-order valence-corrected chi connectivity index (χ3v) is 2.18. The molecule has 0 unspecified atom stereocenters. The lowest BCUT2D eigenvalue weighted by atomic mass is 10.2. The van der Waals surface area contributed by atoms with Gasteiger partial charge in [-0.1, -0.05) is 30.3 Å². The minimum atomic E-state index is 0.283. The van der Waals surface area contributed by atoms with E-state index >= 15 is 0 Å². The lowest BCUT2D eigenvalue weighted by molar-refractivity contribution is 0.0557. The van der Waals surface area contributed by atoms with Crippen molar-refractivity contribution in [3.63, 3.8) is 0 Å². The Morgan fingerprint density at radius 2 is 1.93 bits per heavy atom. The molecule has 1 aromatic carbocycles. The van der Waals surface area contributed by atoms with Gasteiger partial charge in [-0.25, -0.2) is 0 Å². The van der Waals surface area contributed by atoms with Gasteiger partial charge in [0.1, 0.15) is 0 Å². The molecule has 2 heteroatoms. The van der Waals surface area contributed by atoms with E-state index in [4.69, 9.17) is 9.47 Å². The van der Waals surface area contributed by atoms with Gasteiger partial charge in [0.25, 0.3) is 0 Å². The van der Waals surface area contributed by atoms with Crippen LogP contribution in [0, 0.1) is 0 Å². The fourth-order valence-electron chi connectivity index (χ4n) is 1.13. The van der Waals surface area contributed by atoms with Gasteiger partial charge in [-0.15, -0.1) is 0 Å². The molecule has 0 aliphatic rings. The van der Waals surface area contributed by atoms with Crippen LogP contribution in [0.25, 0.3) is 0 Å². The van der Waals surface area contributed by atoms with Crippen molar-refractivity contribution in [3.8, 4) is 0 Å². The summed E-state index contributed by atoms with van der Waals surface area (Å²) in [4.78, 5) is 0. The maximum absolute atomic E-state index is 5.51. The molecular formula is C12H18O2. The highest BCUT2D eigenvalue weighted by Gasteiger charge is 1.98. The Morgan fingerprint density at radius 3 is 2.57 bits per heavy atom. The van der Waals surface area contributed by atoms with E-state index in [9.17, 15) is 0 Å². The van der Waals surface area contributed by atoms with Gasteiger partial charge in [-0.05, 0) is 18.9 Å². The molecular weight excluding hydrogens is 176 g/mol. The van der Waals surface area contributed by atoms with Gasteiger partial charge in [0.2, 0.25) is 0 Å². The first-order valence-corrected chi connectivity index (χ1v) is 4.97. The van der Waals surface area contributed by atoms with E-state index in [1.807, 2.05) is 25.1 Å². The molecule has 0 spiro atoms. The molecule has 78 valence electrons. The SMILES string of the molecule is CO[C@H](C)CCOCc1ccccc1. The fourth-order valence-corrected chi connectivity index (χ4v) is 1.13. The van der Waals surface area contributed by atoms with Gasteiger partial charge in [0.15, 0.2) is 0 Å². The van der Waals surface area contributed by atoms with Gasteiger partial charge in [-0.2, -0.15) is 0 Å². The zero-order chi connectivity index (χ0) is 10.2. The lowest BCUT2D eigenvalue weighted by Crippen LogP contribution is -2.08. The summed E-state index contributed by atoms with van der Waals surface area (Å²) < 4.78 is 10.6. The van der Waals surface area contributed by atoms with Crippen molar-refractivity contribution >= 4 is 0 Å². The number of ether oxygens (including phenoxy) is 2. The average molecular weight is 194 g/mol. The monoisotopic (exact) mass is 194 g/mol. The third-order valence-electron chi connectivity index (χ3n) is 2.18. The molecule has 0 heterocycles. The van der Waals surface area contributed by atoms with E-state index in [0.717, 1.165) is 13.0 Å². The molecule has 0 aromatic heterocycles. The summed E-state index contributed by atoms with van der Waals surface area (Å²) in [7, 11) is 1.72. The molecule has 0 saturated carbocycles. The molecule has 1 aromatic rings. The van der Waals surface area contributed by atoms with Crippen LogP contribution >= 0.6 is 0 Å². The molecule has 0 amide bonds. The largest absolute Gasteiger partial charge is 0.382 e. The van der Waals surface area contributed by atoms with Crippen molar-refractivity contribution in [2.75, 3.05) is 13.7 Å². The van der Waals surface area contributed by atoms with Crippen molar-refractivity contribution in [1.29, 1.82) is 0 Å². The quantitative estimate of drug-likeness (QED) is 0.648. The van der Waals surface area contributed by atoms with E-state index in [1.54, 1.807) is 7.11 Å². The Morgan fingerprint density at radius 1 is 1.21 bits per heavy atom. The molecule has 0 fully saturated rings. The van der Waals surface area contributed by atoms with E-state index in [2.05, 4.69) is 12.1 Å². The average Bonchev–Trinajstić information content (AvgIpc) is 2.25. The molecule has 2 nitrogen and oxygen atoms in total. The zero-order valence-electron chi connectivity index (χ0n) is 8.90. The Bertz CT molecular complexity index is 233. The molecule has 0 aliphatic heterocycles. The second-order valence-electron chi connectivity index (χ2n) is 3.37. The summed E-state index contributed by atoms with van der Waals surface area (Å²) in [6.45, 7) is 3.49. The number of hydrogen-bond acceptors (Lipinski definition) is 2. The highest BCUT2D eigenvalue weighted by molar-refractivity contribution is 5.13. The number of benzene rings is 1. The van der Waals surface area contributed by atoms with Crippen LogP contribution in [0.2, 0.25) is 0 Å². The van der Waals surface area contributed by atoms with Gasteiger partial charge < -0.3 is 9.47 Å². The van der Waals surface area contributed by atoms with Crippen LogP contribution in [0.4, 0.5) is 0 Å². The first kappa shape index (κ1) is 11.2. The first-order chi connectivity index (χ1) is 6.83. The van der Waals surface area contributed by atoms with Crippen LogP contribution in [-0.4, -0.2) is 19.8 Å². The van der Waals surface area contributed by atoms with E-state index < -0.39 is 0 Å². The highest BCUT2D eigenvalue weighted by atomic mass is 16.5. The summed E-state index contributed by atoms with van der Waals surface area (Å²) in [6.07, 6.45) is 1.23. The zero-order valence-corrected chi connectivity index (χ0v) is 8.90. The van der Waals surface area contributed by atoms with E-state index in [0.29, 0.717) is 6.61 Å². The molecule has 1 rings (SSSR count). The predicted octanol–water partition coefficient (Wildman–Crippen LogP) is 2.63. The Balaban J connectivity index is 2.10. The molecule has 0 radical (unpaired) electrons. The molecule has 0 aliphatic carbocycles. The molecule has 14 heavy (non-hydrogen) atoms. The highest BCUT2D eigenvalue weighted by Crippen LogP contribution is 2.02. The molecule has 0 saturated heterocycles. The van der Waals surface area contributed by atoms with Crippen LogP contribution in [0.15, 0.2) is 30.3 Å². The fraction of sp³-hybridized carbons (Fsp3) is 0.500. The minimum Gasteiger partial charge on any atom is -0.382 e. The Hall–Kier alpha value is -0.860. The van der Waals surface area contributed by atoms with Crippen LogP contribution in [-0.2, 0) is 16.1 Å². The number of methoxy groups -OCH3 is 1. The normalized spacial score (nSPS) is 12.7. The Labute approximate surface area is 85.8 Å². The summed E-state index contributed by atoms with van der Waals surface area (Å²) in [5, 5.41) is 0. The molecule has 0 bridgehead atoms. The van der Waals surface area contributed by atoms with Gasteiger partial charge >= 0.3 is 0 Å². The predicted molar refractivity (Wildman–Crippen MR) is 57.2 cm³/mol.